The molecular weight excluding hydrogens is 420 g/mol. The Hall–Kier alpha value is -3.06. The van der Waals surface area contributed by atoms with Gasteiger partial charge in [-0.15, -0.1) is 0 Å². The van der Waals surface area contributed by atoms with Crippen molar-refractivity contribution < 1.29 is 23.8 Å². The van der Waals surface area contributed by atoms with E-state index in [1.54, 1.807) is 12.1 Å². The van der Waals surface area contributed by atoms with Crippen molar-refractivity contribution in [3.8, 4) is 5.75 Å². The third kappa shape index (κ3) is 6.05. The average molecular weight is 453 g/mol. The SMILES string of the molecule is COC(=O)c1ccc(N2CCOCC2)c(NC(=O)COc2ccc(C3CCCCC3)cc2)c1. The van der Waals surface area contributed by atoms with Gasteiger partial charge in [-0.1, -0.05) is 31.4 Å². The van der Waals surface area contributed by atoms with E-state index >= 15 is 0 Å². The van der Waals surface area contributed by atoms with Crippen LogP contribution < -0.4 is 15.0 Å². The van der Waals surface area contributed by atoms with Crippen LogP contribution in [0.1, 0.15) is 53.9 Å². The first-order chi connectivity index (χ1) is 16.1. The van der Waals surface area contributed by atoms with Crippen LogP contribution in [-0.2, 0) is 14.3 Å². The number of nitrogens with zero attached hydrogens (tertiary/aromatic N) is 1. The van der Waals surface area contributed by atoms with Crippen molar-refractivity contribution in [2.75, 3.05) is 50.2 Å². The van der Waals surface area contributed by atoms with E-state index in [9.17, 15) is 9.59 Å². The third-order valence-electron chi connectivity index (χ3n) is 6.37. The van der Waals surface area contributed by atoms with E-state index in [-0.39, 0.29) is 12.5 Å². The molecule has 0 radical (unpaired) electrons. The highest BCUT2D eigenvalue weighted by atomic mass is 16.5. The van der Waals surface area contributed by atoms with Gasteiger partial charge in [-0.3, -0.25) is 4.79 Å². The fraction of sp³-hybridized carbons (Fsp3) is 0.462. The van der Waals surface area contributed by atoms with E-state index in [2.05, 4.69) is 22.3 Å². The smallest absolute Gasteiger partial charge is 0.337 e. The lowest BCUT2D eigenvalue weighted by molar-refractivity contribution is -0.118. The monoisotopic (exact) mass is 452 g/mol. The van der Waals surface area contributed by atoms with E-state index in [0.717, 1.165) is 5.69 Å². The molecule has 7 heteroatoms. The fourth-order valence-electron chi connectivity index (χ4n) is 4.57. The molecular formula is C26H32N2O5. The van der Waals surface area contributed by atoms with Crippen LogP contribution in [-0.4, -0.2) is 51.9 Å². The molecule has 1 saturated carbocycles. The molecule has 1 heterocycles. The second kappa shape index (κ2) is 11.2. The van der Waals surface area contributed by atoms with Crippen molar-refractivity contribution in [1.82, 2.24) is 0 Å². The van der Waals surface area contributed by atoms with Crippen molar-refractivity contribution in [3.05, 3.63) is 53.6 Å². The van der Waals surface area contributed by atoms with Gasteiger partial charge in [-0.2, -0.15) is 0 Å². The highest BCUT2D eigenvalue weighted by Crippen LogP contribution is 2.33. The lowest BCUT2D eigenvalue weighted by Gasteiger charge is -2.30. The number of esters is 1. The zero-order valence-electron chi connectivity index (χ0n) is 19.2. The van der Waals surface area contributed by atoms with Crippen LogP contribution in [0, 0.1) is 0 Å². The molecule has 1 saturated heterocycles. The van der Waals surface area contributed by atoms with Gasteiger partial charge in [0, 0.05) is 13.1 Å². The Kier molecular flexibility index (Phi) is 7.83. The maximum Gasteiger partial charge on any atom is 0.337 e. The number of ether oxygens (including phenoxy) is 3. The minimum atomic E-state index is -0.451. The Labute approximate surface area is 195 Å². The molecule has 33 heavy (non-hydrogen) atoms. The van der Waals surface area contributed by atoms with Gasteiger partial charge < -0.3 is 24.4 Å². The second-order valence-corrected chi connectivity index (χ2v) is 8.56. The summed E-state index contributed by atoms with van der Waals surface area (Å²) in [5, 5.41) is 2.91. The summed E-state index contributed by atoms with van der Waals surface area (Å²) in [5.74, 6) is 0.564. The van der Waals surface area contributed by atoms with Crippen LogP contribution >= 0.6 is 0 Å². The first kappa shape index (κ1) is 23.1. The van der Waals surface area contributed by atoms with Crippen LogP contribution in [0.15, 0.2) is 42.5 Å². The molecule has 0 atom stereocenters. The lowest BCUT2D eigenvalue weighted by Crippen LogP contribution is -2.37. The van der Waals surface area contributed by atoms with Crippen molar-refractivity contribution in [2.45, 2.75) is 38.0 Å². The number of nitrogens with one attached hydrogen (secondary N) is 1. The van der Waals surface area contributed by atoms with Crippen molar-refractivity contribution in [3.63, 3.8) is 0 Å². The first-order valence-corrected chi connectivity index (χ1v) is 11.7. The summed E-state index contributed by atoms with van der Waals surface area (Å²) in [4.78, 5) is 26.8. The van der Waals surface area contributed by atoms with E-state index in [4.69, 9.17) is 14.2 Å². The Morgan fingerprint density at radius 1 is 1.03 bits per heavy atom. The predicted octanol–water partition coefficient (Wildman–Crippen LogP) is 4.38. The van der Waals surface area contributed by atoms with Crippen LogP contribution in [0.2, 0.25) is 0 Å². The summed E-state index contributed by atoms with van der Waals surface area (Å²) in [5.41, 5.74) is 3.13. The molecule has 0 unspecified atom stereocenters. The fourth-order valence-corrected chi connectivity index (χ4v) is 4.57. The maximum atomic E-state index is 12.7. The van der Waals surface area contributed by atoms with E-state index in [1.807, 2.05) is 18.2 Å². The van der Waals surface area contributed by atoms with Crippen molar-refractivity contribution in [2.24, 2.45) is 0 Å². The second-order valence-electron chi connectivity index (χ2n) is 8.56. The Morgan fingerprint density at radius 2 is 1.76 bits per heavy atom. The zero-order valence-corrected chi connectivity index (χ0v) is 19.2. The summed E-state index contributed by atoms with van der Waals surface area (Å²) in [6.07, 6.45) is 6.43. The van der Waals surface area contributed by atoms with Gasteiger partial charge in [0.1, 0.15) is 5.75 Å². The number of morpholine rings is 1. The summed E-state index contributed by atoms with van der Waals surface area (Å²) < 4.78 is 16.0. The number of rotatable bonds is 7. The van der Waals surface area contributed by atoms with Crippen molar-refractivity contribution in [1.29, 1.82) is 0 Å². The molecule has 1 amide bonds. The standard InChI is InChI=1S/C26H32N2O5/c1-31-26(30)21-9-12-24(28-13-15-32-16-14-28)23(17-21)27-25(29)18-33-22-10-7-20(8-11-22)19-5-3-2-4-6-19/h7-12,17,19H,2-6,13-16,18H2,1H3,(H,27,29). The summed E-state index contributed by atoms with van der Waals surface area (Å²) in [6.45, 7) is 2.54. The van der Waals surface area contributed by atoms with Gasteiger partial charge in [0.25, 0.3) is 5.91 Å². The van der Waals surface area contributed by atoms with E-state index in [1.165, 1.54) is 44.8 Å². The number of methoxy groups -OCH3 is 1. The number of carbonyl (C=O) groups is 2. The quantitative estimate of drug-likeness (QED) is 0.629. The molecule has 1 aliphatic heterocycles. The minimum absolute atomic E-state index is 0.117. The molecule has 2 fully saturated rings. The molecule has 1 aliphatic carbocycles. The Balaban J connectivity index is 1.40. The summed E-state index contributed by atoms with van der Waals surface area (Å²) >= 11 is 0. The molecule has 0 bridgehead atoms. The maximum absolute atomic E-state index is 12.7. The van der Waals surface area contributed by atoms with Gasteiger partial charge in [0.05, 0.1) is 37.3 Å². The molecule has 0 spiro atoms. The molecule has 7 nitrogen and oxygen atoms in total. The minimum Gasteiger partial charge on any atom is -0.484 e. The normalized spacial score (nSPS) is 16.8. The number of carbonyl (C=O) groups excluding carboxylic acids is 2. The van der Waals surface area contributed by atoms with Crippen molar-refractivity contribution >= 4 is 23.3 Å². The van der Waals surface area contributed by atoms with Gasteiger partial charge in [0.2, 0.25) is 0 Å². The number of anilines is 2. The van der Waals surface area contributed by atoms with Crippen LogP contribution in [0.3, 0.4) is 0 Å². The number of hydrogen-bond acceptors (Lipinski definition) is 6. The highest BCUT2D eigenvalue weighted by Gasteiger charge is 2.19. The molecule has 176 valence electrons. The van der Waals surface area contributed by atoms with E-state index in [0.29, 0.717) is 49.2 Å². The van der Waals surface area contributed by atoms with Gasteiger partial charge in [0.15, 0.2) is 6.61 Å². The van der Waals surface area contributed by atoms with Crippen LogP contribution in [0.4, 0.5) is 11.4 Å². The zero-order chi connectivity index (χ0) is 23.0. The molecule has 2 aliphatic rings. The predicted molar refractivity (Wildman–Crippen MR) is 127 cm³/mol. The molecule has 2 aromatic rings. The Morgan fingerprint density at radius 3 is 2.45 bits per heavy atom. The number of hydrogen-bond donors (Lipinski definition) is 1. The summed E-state index contributed by atoms with van der Waals surface area (Å²) in [7, 11) is 1.34. The van der Waals surface area contributed by atoms with Gasteiger partial charge >= 0.3 is 5.97 Å². The highest BCUT2D eigenvalue weighted by molar-refractivity contribution is 5.98. The molecule has 1 N–H and O–H groups in total. The van der Waals surface area contributed by atoms with Gasteiger partial charge in [-0.05, 0) is 54.7 Å². The largest absolute Gasteiger partial charge is 0.484 e. The Bertz CT molecular complexity index is 948. The van der Waals surface area contributed by atoms with Crippen LogP contribution in [0.5, 0.6) is 5.75 Å². The topological polar surface area (TPSA) is 77.1 Å². The van der Waals surface area contributed by atoms with Crippen LogP contribution in [0.25, 0.3) is 0 Å². The summed E-state index contributed by atoms with van der Waals surface area (Å²) in [6, 6.07) is 13.3. The number of benzene rings is 2. The third-order valence-corrected chi connectivity index (χ3v) is 6.37. The molecule has 4 rings (SSSR count). The molecule has 0 aromatic heterocycles. The first-order valence-electron chi connectivity index (χ1n) is 11.7. The molecule has 2 aromatic carbocycles. The number of amides is 1. The average Bonchev–Trinajstić information content (AvgIpc) is 2.88. The lowest BCUT2D eigenvalue weighted by atomic mass is 9.84. The van der Waals surface area contributed by atoms with Gasteiger partial charge in [-0.25, -0.2) is 4.79 Å². The van der Waals surface area contributed by atoms with E-state index < -0.39 is 5.97 Å².